The van der Waals surface area contributed by atoms with Crippen molar-refractivity contribution in [2.45, 2.75) is 19.8 Å². The van der Waals surface area contributed by atoms with Crippen molar-refractivity contribution in [3.05, 3.63) is 16.7 Å². The lowest BCUT2D eigenvalue weighted by Gasteiger charge is -1.96. The molecule has 0 saturated carbocycles. The summed E-state index contributed by atoms with van der Waals surface area (Å²) < 4.78 is 4.38. The summed E-state index contributed by atoms with van der Waals surface area (Å²) in [5.74, 6) is -0.326. The van der Waals surface area contributed by atoms with E-state index in [1.165, 1.54) is 7.11 Å². The molecule has 0 aromatic carbocycles. The number of nitroso groups, excluding NO2 is 1. The predicted octanol–water partition coefficient (Wildman–Crippen LogP) is 1.61. The first-order chi connectivity index (χ1) is 5.24. The number of nitrogens with zero attached hydrogens (tertiary/aromatic N) is 1. The van der Waals surface area contributed by atoms with E-state index in [1.807, 2.05) is 0 Å². The van der Waals surface area contributed by atoms with Gasteiger partial charge in [-0.1, -0.05) is 6.08 Å². The molecule has 0 bridgehead atoms. The number of hydrogen-bond donors (Lipinski definition) is 0. The highest BCUT2D eigenvalue weighted by Gasteiger charge is 2.02. The first-order valence-corrected chi connectivity index (χ1v) is 3.30. The summed E-state index contributed by atoms with van der Waals surface area (Å²) in [5, 5.41) is 2.72. The minimum atomic E-state index is -0.326. The summed E-state index contributed by atoms with van der Waals surface area (Å²) in [6.45, 7) is 1.70. The Labute approximate surface area is 65.2 Å². The predicted molar refractivity (Wildman–Crippen MR) is 40.8 cm³/mol. The molecule has 0 fully saturated rings. The Bertz CT molecular complexity index is 175. The van der Waals surface area contributed by atoms with Crippen LogP contribution in [0.1, 0.15) is 19.8 Å². The summed E-state index contributed by atoms with van der Waals surface area (Å²) in [6, 6.07) is 0. The van der Waals surface area contributed by atoms with Crippen molar-refractivity contribution in [1.29, 1.82) is 0 Å². The van der Waals surface area contributed by atoms with Gasteiger partial charge in [0.2, 0.25) is 0 Å². The van der Waals surface area contributed by atoms with Gasteiger partial charge in [0.1, 0.15) is 0 Å². The highest BCUT2D eigenvalue weighted by atomic mass is 16.5. The largest absolute Gasteiger partial charge is 0.469 e. The van der Waals surface area contributed by atoms with E-state index in [0.29, 0.717) is 12.1 Å². The van der Waals surface area contributed by atoms with Crippen LogP contribution >= 0.6 is 0 Å². The number of hydrogen-bond acceptors (Lipinski definition) is 4. The van der Waals surface area contributed by atoms with Gasteiger partial charge in [-0.05, 0) is 12.1 Å². The van der Waals surface area contributed by atoms with Crippen LogP contribution in [0.25, 0.3) is 0 Å². The molecule has 0 aromatic heterocycles. The van der Waals surface area contributed by atoms with Crippen molar-refractivity contribution in [1.82, 2.24) is 0 Å². The highest BCUT2D eigenvalue weighted by molar-refractivity contribution is 5.69. The SMILES string of the molecule is CC=C(CCC(=O)OC)N=O. The first kappa shape index (κ1) is 9.81. The Kier molecular flexibility index (Phi) is 4.98. The molecule has 0 rings (SSSR count). The Hall–Kier alpha value is -1.19. The Balaban J connectivity index is 3.69. The summed E-state index contributed by atoms with van der Waals surface area (Å²) >= 11 is 0. The van der Waals surface area contributed by atoms with Gasteiger partial charge in [-0.25, -0.2) is 0 Å². The molecular formula is C7H11NO3. The monoisotopic (exact) mass is 157 g/mol. The van der Waals surface area contributed by atoms with E-state index in [0.717, 1.165) is 0 Å². The fourth-order valence-electron chi connectivity index (χ4n) is 0.575. The molecule has 62 valence electrons. The van der Waals surface area contributed by atoms with Crippen LogP contribution in [0.3, 0.4) is 0 Å². The topological polar surface area (TPSA) is 55.7 Å². The Morgan fingerprint density at radius 2 is 2.18 bits per heavy atom. The van der Waals surface area contributed by atoms with Gasteiger partial charge in [0.05, 0.1) is 19.2 Å². The molecule has 0 aromatic rings. The van der Waals surface area contributed by atoms with Crippen molar-refractivity contribution in [3.63, 3.8) is 0 Å². The lowest BCUT2D eigenvalue weighted by molar-refractivity contribution is -0.140. The van der Waals surface area contributed by atoms with Crippen LogP contribution in [0.4, 0.5) is 0 Å². The minimum absolute atomic E-state index is 0.210. The number of esters is 1. The minimum Gasteiger partial charge on any atom is -0.469 e. The molecule has 0 unspecified atom stereocenters. The maximum Gasteiger partial charge on any atom is 0.305 e. The smallest absolute Gasteiger partial charge is 0.305 e. The first-order valence-electron chi connectivity index (χ1n) is 3.30. The summed E-state index contributed by atoms with van der Waals surface area (Å²) in [5.41, 5.74) is 0.385. The van der Waals surface area contributed by atoms with Crippen molar-refractivity contribution in [2.24, 2.45) is 5.18 Å². The van der Waals surface area contributed by atoms with Crippen LogP contribution < -0.4 is 0 Å². The van der Waals surface area contributed by atoms with Gasteiger partial charge < -0.3 is 4.74 Å². The van der Waals surface area contributed by atoms with E-state index in [2.05, 4.69) is 9.91 Å². The zero-order valence-corrected chi connectivity index (χ0v) is 6.66. The third-order valence-electron chi connectivity index (χ3n) is 1.26. The molecule has 0 radical (unpaired) electrons. The molecule has 11 heavy (non-hydrogen) atoms. The third-order valence-corrected chi connectivity index (χ3v) is 1.26. The average molecular weight is 157 g/mol. The van der Waals surface area contributed by atoms with Gasteiger partial charge in [0.25, 0.3) is 0 Å². The third kappa shape index (κ3) is 4.25. The second-order valence-electron chi connectivity index (χ2n) is 1.95. The molecule has 0 saturated heterocycles. The van der Waals surface area contributed by atoms with E-state index in [9.17, 15) is 9.70 Å². The molecule has 0 spiro atoms. The number of ether oxygens (including phenoxy) is 1. The molecule has 0 aliphatic heterocycles. The normalized spacial score (nSPS) is 10.9. The molecule has 4 nitrogen and oxygen atoms in total. The van der Waals surface area contributed by atoms with E-state index >= 15 is 0 Å². The van der Waals surface area contributed by atoms with Gasteiger partial charge >= 0.3 is 5.97 Å². The number of carbonyl (C=O) groups is 1. The van der Waals surface area contributed by atoms with Crippen LogP contribution in [0.15, 0.2) is 16.9 Å². The molecule has 0 atom stereocenters. The van der Waals surface area contributed by atoms with Crippen molar-refractivity contribution >= 4 is 5.97 Å². The van der Waals surface area contributed by atoms with E-state index in [1.54, 1.807) is 13.0 Å². The molecule has 0 aliphatic rings. The zero-order valence-electron chi connectivity index (χ0n) is 6.66. The Morgan fingerprint density at radius 3 is 2.55 bits per heavy atom. The quantitative estimate of drug-likeness (QED) is 0.460. The fraction of sp³-hybridized carbons (Fsp3) is 0.571. The zero-order chi connectivity index (χ0) is 8.69. The van der Waals surface area contributed by atoms with Crippen LogP contribution in [0.2, 0.25) is 0 Å². The van der Waals surface area contributed by atoms with Gasteiger partial charge in [0, 0.05) is 6.42 Å². The second kappa shape index (κ2) is 5.58. The number of carbonyl (C=O) groups excluding carboxylic acids is 1. The number of allylic oxidation sites excluding steroid dienone is 2. The molecule has 0 aliphatic carbocycles. The average Bonchev–Trinajstić information content (AvgIpc) is 2.06. The highest BCUT2D eigenvalue weighted by Crippen LogP contribution is 2.05. The molecule has 4 heteroatoms. The maximum absolute atomic E-state index is 10.6. The van der Waals surface area contributed by atoms with Crippen molar-refractivity contribution < 1.29 is 9.53 Å². The second-order valence-corrected chi connectivity index (χ2v) is 1.95. The standard InChI is InChI=1S/C7H11NO3/c1-3-6(8-10)4-5-7(9)11-2/h3H,4-5H2,1-2H3. The lowest BCUT2D eigenvalue weighted by Crippen LogP contribution is -1.99. The van der Waals surface area contributed by atoms with Gasteiger partial charge in [-0.15, -0.1) is 4.91 Å². The van der Waals surface area contributed by atoms with Gasteiger partial charge in [-0.2, -0.15) is 0 Å². The van der Waals surface area contributed by atoms with Crippen LogP contribution in [0.5, 0.6) is 0 Å². The van der Waals surface area contributed by atoms with E-state index < -0.39 is 0 Å². The maximum atomic E-state index is 10.6. The van der Waals surface area contributed by atoms with E-state index in [4.69, 9.17) is 0 Å². The summed E-state index contributed by atoms with van der Waals surface area (Å²) in [4.78, 5) is 20.5. The molecule has 0 N–H and O–H groups in total. The molecular weight excluding hydrogens is 146 g/mol. The van der Waals surface area contributed by atoms with Gasteiger partial charge in [-0.3, -0.25) is 4.79 Å². The van der Waals surface area contributed by atoms with E-state index in [-0.39, 0.29) is 12.4 Å². The summed E-state index contributed by atoms with van der Waals surface area (Å²) in [7, 11) is 1.31. The van der Waals surface area contributed by atoms with Crippen molar-refractivity contribution in [3.8, 4) is 0 Å². The van der Waals surface area contributed by atoms with Crippen LogP contribution in [-0.4, -0.2) is 13.1 Å². The molecule has 0 heterocycles. The van der Waals surface area contributed by atoms with Crippen LogP contribution in [0, 0.1) is 4.91 Å². The molecule has 0 amide bonds. The van der Waals surface area contributed by atoms with Gasteiger partial charge in [0.15, 0.2) is 0 Å². The Morgan fingerprint density at radius 1 is 1.55 bits per heavy atom. The summed E-state index contributed by atoms with van der Waals surface area (Å²) in [6.07, 6.45) is 2.14. The fourth-order valence-corrected chi connectivity index (χ4v) is 0.575. The number of methoxy groups -OCH3 is 1. The van der Waals surface area contributed by atoms with Crippen LogP contribution in [-0.2, 0) is 9.53 Å². The van der Waals surface area contributed by atoms with Crippen molar-refractivity contribution in [2.75, 3.05) is 7.11 Å². The lowest BCUT2D eigenvalue weighted by atomic mass is 10.2. The number of rotatable bonds is 4.